The number of carbonyl (C=O) groups excluding carboxylic acids is 1. The van der Waals surface area contributed by atoms with E-state index in [0.717, 1.165) is 5.38 Å². The molecule has 6 nitrogen and oxygen atoms in total. The van der Waals surface area contributed by atoms with Gasteiger partial charge >= 0.3 is 6.18 Å². The van der Waals surface area contributed by atoms with Crippen LogP contribution in [0.4, 0.5) is 18.3 Å². The van der Waals surface area contributed by atoms with Gasteiger partial charge in [0.1, 0.15) is 0 Å². The minimum absolute atomic E-state index is 0.0556. The number of hydrogen-bond acceptors (Lipinski definition) is 5. The summed E-state index contributed by atoms with van der Waals surface area (Å²) < 4.78 is 38.7. The molecule has 0 bridgehead atoms. The first-order chi connectivity index (χ1) is 11.8. The number of para-hydroxylation sites is 1. The van der Waals surface area contributed by atoms with Crippen molar-refractivity contribution in [3.8, 4) is 0 Å². The molecular formula is C15H11F3N4O2S. The van der Waals surface area contributed by atoms with Crippen LogP contribution in [0.15, 0.2) is 40.8 Å². The second-order valence-electron chi connectivity index (χ2n) is 5.09. The van der Waals surface area contributed by atoms with Crippen LogP contribution in [-0.4, -0.2) is 20.4 Å². The van der Waals surface area contributed by atoms with Crippen molar-refractivity contribution in [2.24, 2.45) is 0 Å². The highest BCUT2D eigenvalue weighted by atomic mass is 32.1. The van der Waals surface area contributed by atoms with Crippen molar-refractivity contribution in [2.75, 3.05) is 5.32 Å². The molecule has 1 N–H and O–H groups in total. The van der Waals surface area contributed by atoms with Gasteiger partial charge in [-0.2, -0.15) is 13.2 Å². The zero-order chi connectivity index (χ0) is 18.0. The highest BCUT2D eigenvalue weighted by molar-refractivity contribution is 7.13. The van der Waals surface area contributed by atoms with E-state index in [0.29, 0.717) is 22.2 Å². The molecule has 25 heavy (non-hydrogen) atoms. The zero-order valence-corrected chi connectivity index (χ0v) is 13.4. The third-order valence-corrected chi connectivity index (χ3v) is 4.11. The number of benzene rings is 1. The van der Waals surface area contributed by atoms with Crippen molar-refractivity contribution in [1.29, 1.82) is 0 Å². The predicted octanol–water partition coefficient (Wildman–Crippen LogP) is 2.90. The van der Waals surface area contributed by atoms with Crippen LogP contribution >= 0.6 is 11.3 Å². The second-order valence-corrected chi connectivity index (χ2v) is 5.95. The number of fused-ring (bicyclic) bond motifs is 1. The first-order valence-corrected chi connectivity index (χ1v) is 7.99. The molecule has 0 aliphatic carbocycles. The van der Waals surface area contributed by atoms with Gasteiger partial charge in [-0.3, -0.25) is 14.2 Å². The molecule has 3 aromatic rings. The summed E-state index contributed by atoms with van der Waals surface area (Å²) in [4.78, 5) is 31.6. The van der Waals surface area contributed by atoms with Crippen LogP contribution in [0.1, 0.15) is 12.1 Å². The summed E-state index contributed by atoms with van der Waals surface area (Å²) in [6, 6.07) is 6.81. The molecule has 130 valence electrons. The fraction of sp³-hybridized carbons (Fsp3) is 0.200. The number of aromatic nitrogens is 3. The molecule has 1 amide bonds. The molecular weight excluding hydrogens is 357 g/mol. The van der Waals surface area contributed by atoms with Crippen LogP contribution in [0.5, 0.6) is 0 Å². The van der Waals surface area contributed by atoms with Crippen molar-refractivity contribution in [2.45, 2.75) is 19.1 Å². The minimum atomic E-state index is -4.55. The summed E-state index contributed by atoms with van der Waals surface area (Å²) in [5.41, 5.74) is -0.787. The number of hydrogen-bond donors (Lipinski definition) is 1. The molecule has 2 aromatic heterocycles. The topological polar surface area (TPSA) is 76.9 Å². The van der Waals surface area contributed by atoms with E-state index in [4.69, 9.17) is 0 Å². The van der Waals surface area contributed by atoms with Gasteiger partial charge in [-0.1, -0.05) is 12.1 Å². The number of carbonyl (C=O) groups is 1. The first-order valence-electron chi connectivity index (χ1n) is 7.11. The van der Waals surface area contributed by atoms with Crippen LogP contribution in [0, 0.1) is 0 Å². The van der Waals surface area contributed by atoms with Crippen molar-refractivity contribution < 1.29 is 18.0 Å². The van der Waals surface area contributed by atoms with E-state index in [1.165, 1.54) is 10.9 Å². The molecule has 0 saturated heterocycles. The lowest BCUT2D eigenvalue weighted by Crippen LogP contribution is -2.23. The number of aryl methyl sites for hydroxylation is 1. The Balaban J connectivity index is 1.66. The number of alkyl halides is 3. The van der Waals surface area contributed by atoms with Crippen LogP contribution in [0.3, 0.4) is 0 Å². The van der Waals surface area contributed by atoms with E-state index in [9.17, 15) is 22.8 Å². The Labute approximate surface area is 143 Å². The quantitative estimate of drug-likeness (QED) is 0.768. The molecule has 0 atom stereocenters. The molecule has 0 saturated carbocycles. The normalized spacial score (nSPS) is 11.6. The Bertz CT molecular complexity index is 981. The van der Waals surface area contributed by atoms with Crippen molar-refractivity contribution in [3.05, 3.63) is 52.0 Å². The monoisotopic (exact) mass is 368 g/mol. The molecule has 0 aliphatic heterocycles. The molecule has 0 radical (unpaired) electrons. The van der Waals surface area contributed by atoms with Gasteiger partial charge in [0, 0.05) is 18.3 Å². The maximum absolute atomic E-state index is 12.5. The van der Waals surface area contributed by atoms with Gasteiger partial charge in [0.05, 0.1) is 17.2 Å². The van der Waals surface area contributed by atoms with E-state index >= 15 is 0 Å². The summed E-state index contributed by atoms with van der Waals surface area (Å²) in [5.74, 6) is -0.539. The number of nitrogens with zero attached hydrogens (tertiary/aromatic N) is 3. The molecule has 0 aliphatic rings. The van der Waals surface area contributed by atoms with Gasteiger partial charge in [0.15, 0.2) is 10.8 Å². The number of amides is 1. The Morgan fingerprint density at radius 1 is 1.28 bits per heavy atom. The molecule has 0 fully saturated rings. The standard InChI is InChI=1S/C15H11F3N4O2S/c16-15(17,18)11-7-25-14(20-11)21-12(23)5-6-22-8-19-10-4-2-1-3-9(10)13(22)24/h1-4,7-8H,5-6H2,(H,20,21,23). The van der Waals surface area contributed by atoms with E-state index in [1.54, 1.807) is 24.3 Å². The fourth-order valence-corrected chi connectivity index (χ4v) is 2.86. The third-order valence-electron chi connectivity index (χ3n) is 3.35. The number of rotatable bonds is 4. The Morgan fingerprint density at radius 2 is 2.04 bits per heavy atom. The lowest BCUT2D eigenvalue weighted by molar-refractivity contribution is -0.140. The van der Waals surface area contributed by atoms with E-state index in [2.05, 4.69) is 15.3 Å². The van der Waals surface area contributed by atoms with Crippen LogP contribution < -0.4 is 10.9 Å². The average molecular weight is 368 g/mol. The number of halogens is 3. The lowest BCUT2D eigenvalue weighted by Gasteiger charge is -2.06. The number of nitrogens with one attached hydrogen (secondary N) is 1. The van der Waals surface area contributed by atoms with Gasteiger partial charge in [0.25, 0.3) is 5.56 Å². The smallest absolute Gasteiger partial charge is 0.302 e. The summed E-state index contributed by atoms with van der Waals surface area (Å²) in [6.07, 6.45) is -3.31. The first kappa shape index (κ1) is 17.1. The highest BCUT2D eigenvalue weighted by Crippen LogP contribution is 2.31. The average Bonchev–Trinajstić information content (AvgIpc) is 3.03. The maximum Gasteiger partial charge on any atom is 0.434 e. The third kappa shape index (κ3) is 3.85. The van der Waals surface area contributed by atoms with Crippen molar-refractivity contribution in [1.82, 2.24) is 14.5 Å². The Hall–Kier alpha value is -2.75. The molecule has 0 spiro atoms. The van der Waals surface area contributed by atoms with Crippen molar-refractivity contribution >= 4 is 33.3 Å². The molecule has 0 unspecified atom stereocenters. The molecule has 3 rings (SSSR count). The van der Waals surface area contributed by atoms with E-state index in [1.807, 2.05) is 0 Å². The van der Waals surface area contributed by atoms with Gasteiger partial charge in [-0.15, -0.1) is 11.3 Å². The summed E-state index contributed by atoms with van der Waals surface area (Å²) in [5, 5.41) is 3.41. The maximum atomic E-state index is 12.5. The second kappa shape index (κ2) is 6.63. The van der Waals surface area contributed by atoms with Crippen molar-refractivity contribution in [3.63, 3.8) is 0 Å². The summed E-state index contributed by atoms with van der Waals surface area (Å²) >= 11 is 0.688. The summed E-state index contributed by atoms with van der Waals surface area (Å²) in [6.45, 7) is 0.0556. The lowest BCUT2D eigenvalue weighted by atomic mass is 10.2. The largest absolute Gasteiger partial charge is 0.434 e. The van der Waals surface area contributed by atoms with Crippen LogP contribution in [-0.2, 0) is 17.5 Å². The van der Waals surface area contributed by atoms with Crippen LogP contribution in [0.25, 0.3) is 10.9 Å². The molecule has 1 aromatic carbocycles. The van der Waals surface area contributed by atoms with Gasteiger partial charge < -0.3 is 5.32 Å². The SMILES string of the molecule is O=C(CCn1cnc2ccccc2c1=O)Nc1nc(C(F)(F)F)cs1. The summed E-state index contributed by atoms with van der Waals surface area (Å²) in [7, 11) is 0. The minimum Gasteiger partial charge on any atom is -0.302 e. The Morgan fingerprint density at radius 3 is 2.76 bits per heavy atom. The fourth-order valence-electron chi connectivity index (χ4n) is 2.13. The predicted molar refractivity (Wildman–Crippen MR) is 86.4 cm³/mol. The number of anilines is 1. The Kier molecular flexibility index (Phi) is 4.53. The number of thiazole rings is 1. The van der Waals surface area contributed by atoms with E-state index < -0.39 is 17.8 Å². The van der Waals surface area contributed by atoms with Gasteiger partial charge in [-0.25, -0.2) is 9.97 Å². The molecule has 2 heterocycles. The zero-order valence-electron chi connectivity index (χ0n) is 12.6. The van der Waals surface area contributed by atoms with Gasteiger partial charge in [-0.05, 0) is 12.1 Å². The van der Waals surface area contributed by atoms with Gasteiger partial charge in [0.2, 0.25) is 5.91 Å². The van der Waals surface area contributed by atoms with Crippen LogP contribution in [0.2, 0.25) is 0 Å². The molecule has 10 heteroatoms. The highest BCUT2D eigenvalue weighted by Gasteiger charge is 2.33. The van der Waals surface area contributed by atoms with E-state index in [-0.39, 0.29) is 23.7 Å².